The van der Waals surface area contributed by atoms with Crippen LogP contribution in [-0.4, -0.2) is 6.61 Å². The molecule has 2 heteroatoms. The standard InChI is InChI=1S/C9H6IO/c10-7-4-8-11-9-5-2-1-3-6-9/h2-3,5-6H,8H2. The van der Waals surface area contributed by atoms with E-state index in [4.69, 9.17) is 4.74 Å². The molecule has 0 bridgehead atoms. The van der Waals surface area contributed by atoms with Gasteiger partial charge in [-0.15, -0.1) is 0 Å². The molecule has 1 nitrogen and oxygen atoms in total. The van der Waals surface area contributed by atoms with Crippen molar-refractivity contribution in [1.82, 2.24) is 0 Å². The second-order valence-corrected chi connectivity index (χ2v) is 2.34. The highest BCUT2D eigenvalue weighted by Gasteiger charge is 1.85. The second-order valence-electron chi connectivity index (χ2n) is 1.80. The summed E-state index contributed by atoms with van der Waals surface area (Å²) in [7, 11) is 0. The third kappa shape index (κ3) is 3.28. The van der Waals surface area contributed by atoms with Crippen molar-refractivity contribution in [3.05, 3.63) is 30.3 Å². The Bertz CT molecular complexity index is 258. The van der Waals surface area contributed by atoms with Crippen molar-refractivity contribution < 1.29 is 4.74 Å². The smallest absolute Gasteiger partial charge is 0.149 e. The number of hydrogen-bond acceptors (Lipinski definition) is 1. The molecular formula is C9H6IO. The molecule has 0 saturated heterocycles. The molecule has 55 valence electrons. The summed E-state index contributed by atoms with van der Waals surface area (Å²) in [6, 6.07) is 10.2. The van der Waals surface area contributed by atoms with Gasteiger partial charge in [-0.05, 0) is 22.1 Å². The lowest BCUT2D eigenvalue weighted by Crippen LogP contribution is -1.92. The quantitative estimate of drug-likeness (QED) is 0.583. The predicted octanol–water partition coefficient (Wildman–Crippen LogP) is 2.26. The molecule has 0 aliphatic heterocycles. The van der Waals surface area contributed by atoms with Crippen LogP contribution >= 0.6 is 22.6 Å². The van der Waals surface area contributed by atoms with Crippen LogP contribution in [0.15, 0.2) is 24.3 Å². The molecule has 1 radical (unpaired) electrons. The normalized spacial score (nSPS) is 8.09. The molecule has 1 aromatic carbocycles. The lowest BCUT2D eigenvalue weighted by atomic mass is 10.3. The molecule has 11 heavy (non-hydrogen) atoms. The Balaban J connectivity index is 2.43. The monoisotopic (exact) mass is 257 g/mol. The molecular weight excluding hydrogens is 251 g/mol. The van der Waals surface area contributed by atoms with Crippen molar-refractivity contribution in [2.45, 2.75) is 0 Å². The van der Waals surface area contributed by atoms with Crippen LogP contribution in [0.5, 0.6) is 5.75 Å². The molecule has 0 spiro atoms. The average molecular weight is 257 g/mol. The minimum Gasteiger partial charge on any atom is -0.481 e. The highest BCUT2D eigenvalue weighted by atomic mass is 127. The van der Waals surface area contributed by atoms with E-state index in [0.29, 0.717) is 6.61 Å². The van der Waals surface area contributed by atoms with Gasteiger partial charge in [0.2, 0.25) is 0 Å². The molecule has 0 unspecified atom stereocenters. The molecule has 0 aliphatic rings. The van der Waals surface area contributed by atoms with Gasteiger partial charge in [0, 0.05) is 22.6 Å². The highest BCUT2D eigenvalue weighted by Crippen LogP contribution is 2.06. The van der Waals surface area contributed by atoms with E-state index in [1.165, 1.54) is 0 Å². The van der Waals surface area contributed by atoms with Gasteiger partial charge >= 0.3 is 0 Å². The van der Waals surface area contributed by atoms with Crippen molar-refractivity contribution in [1.29, 1.82) is 0 Å². The maximum absolute atomic E-state index is 5.25. The van der Waals surface area contributed by atoms with E-state index < -0.39 is 0 Å². The van der Waals surface area contributed by atoms with E-state index in [1.807, 2.05) is 46.9 Å². The fraction of sp³-hybridized carbons (Fsp3) is 0.111. The van der Waals surface area contributed by atoms with Gasteiger partial charge in [-0.1, -0.05) is 18.1 Å². The first-order valence-corrected chi connectivity index (χ1v) is 4.19. The average Bonchev–Trinajstić information content (AvgIpc) is 2.07. The van der Waals surface area contributed by atoms with Crippen LogP contribution in [-0.2, 0) is 0 Å². The summed E-state index contributed by atoms with van der Waals surface area (Å²) < 4.78 is 7.97. The summed E-state index contributed by atoms with van der Waals surface area (Å²) in [6.07, 6.45) is 0. The molecule has 0 atom stereocenters. The summed E-state index contributed by atoms with van der Waals surface area (Å²) >= 11 is 1.98. The van der Waals surface area contributed by atoms with E-state index in [9.17, 15) is 0 Å². The van der Waals surface area contributed by atoms with Crippen molar-refractivity contribution in [2.75, 3.05) is 6.61 Å². The zero-order valence-corrected chi connectivity index (χ0v) is 7.96. The van der Waals surface area contributed by atoms with Crippen LogP contribution in [0.1, 0.15) is 0 Å². The van der Waals surface area contributed by atoms with Crippen molar-refractivity contribution in [3.63, 3.8) is 0 Å². The molecule has 0 heterocycles. The van der Waals surface area contributed by atoms with Gasteiger partial charge < -0.3 is 4.74 Å². The lowest BCUT2D eigenvalue weighted by Gasteiger charge is -1.98. The maximum atomic E-state index is 5.25. The van der Waals surface area contributed by atoms with Crippen LogP contribution < -0.4 is 4.74 Å². The van der Waals surface area contributed by atoms with Gasteiger partial charge in [0.15, 0.2) is 0 Å². The molecule has 0 N–H and O–H groups in total. The Kier molecular flexibility index (Phi) is 3.84. The minimum atomic E-state index is 0.451. The summed E-state index contributed by atoms with van der Waals surface area (Å²) in [6.45, 7) is 0.451. The Morgan fingerprint density at radius 3 is 2.82 bits per heavy atom. The molecule has 0 saturated carbocycles. The minimum absolute atomic E-state index is 0.451. The van der Waals surface area contributed by atoms with Gasteiger partial charge in [0.1, 0.15) is 12.4 Å². The largest absolute Gasteiger partial charge is 0.481 e. The third-order valence-electron chi connectivity index (χ3n) is 1.07. The first kappa shape index (κ1) is 8.41. The van der Waals surface area contributed by atoms with E-state index in [1.54, 1.807) is 0 Å². The number of halogens is 1. The summed E-state index contributed by atoms with van der Waals surface area (Å²) in [5.41, 5.74) is 0. The van der Waals surface area contributed by atoms with Gasteiger partial charge in [-0.25, -0.2) is 0 Å². The number of ether oxygens (including phenoxy) is 1. The molecule has 1 rings (SSSR count). The second kappa shape index (κ2) is 5.03. The fourth-order valence-electron chi connectivity index (χ4n) is 0.615. The fourth-order valence-corrected chi connectivity index (χ4v) is 0.770. The van der Waals surface area contributed by atoms with Crippen LogP contribution in [0.2, 0.25) is 0 Å². The van der Waals surface area contributed by atoms with E-state index in [0.717, 1.165) is 5.75 Å². The Morgan fingerprint density at radius 1 is 1.45 bits per heavy atom. The summed E-state index contributed by atoms with van der Waals surface area (Å²) in [5, 5.41) is 0. The first-order chi connectivity index (χ1) is 5.43. The summed E-state index contributed by atoms with van der Waals surface area (Å²) in [5.74, 6) is 3.64. The Morgan fingerprint density at radius 2 is 2.18 bits per heavy atom. The van der Waals surface area contributed by atoms with Gasteiger partial charge in [0.05, 0.1) is 0 Å². The van der Waals surface area contributed by atoms with Crippen LogP contribution in [0, 0.1) is 15.9 Å². The topological polar surface area (TPSA) is 9.23 Å². The number of benzene rings is 1. The van der Waals surface area contributed by atoms with Gasteiger partial charge in [0.25, 0.3) is 0 Å². The molecule has 1 aromatic rings. The zero-order valence-electron chi connectivity index (χ0n) is 5.80. The van der Waals surface area contributed by atoms with Gasteiger partial charge in [-0.2, -0.15) is 0 Å². The van der Waals surface area contributed by atoms with Crippen LogP contribution in [0.4, 0.5) is 0 Å². The van der Waals surface area contributed by atoms with E-state index in [-0.39, 0.29) is 0 Å². The van der Waals surface area contributed by atoms with Crippen LogP contribution in [0.3, 0.4) is 0 Å². The predicted molar refractivity (Wildman–Crippen MR) is 52.6 cm³/mol. The van der Waals surface area contributed by atoms with E-state index in [2.05, 4.69) is 15.9 Å². The van der Waals surface area contributed by atoms with Crippen molar-refractivity contribution in [2.24, 2.45) is 0 Å². The van der Waals surface area contributed by atoms with E-state index >= 15 is 0 Å². The molecule has 0 aliphatic carbocycles. The maximum Gasteiger partial charge on any atom is 0.149 e. The van der Waals surface area contributed by atoms with Gasteiger partial charge in [-0.3, -0.25) is 0 Å². The number of rotatable bonds is 2. The van der Waals surface area contributed by atoms with Crippen molar-refractivity contribution in [3.8, 4) is 15.6 Å². The first-order valence-electron chi connectivity index (χ1n) is 3.11. The molecule has 0 aromatic heterocycles. The lowest BCUT2D eigenvalue weighted by molar-refractivity contribution is 0.370. The third-order valence-corrected chi connectivity index (χ3v) is 1.45. The Labute approximate surface area is 79.9 Å². The number of hydrogen-bond donors (Lipinski definition) is 0. The Hall–Kier alpha value is -0.690. The zero-order chi connectivity index (χ0) is 7.94. The SMILES string of the molecule is IC#CCOc1cc[c]cc1. The summed E-state index contributed by atoms with van der Waals surface area (Å²) in [4.78, 5) is 0. The highest BCUT2D eigenvalue weighted by molar-refractivity contribution is 14.1. The van der Waals surface area contributed by atoms with Crippen molar-refractivity contribution >= 4 is 22.6 Å². The van der Waals surface area contributed by atoms with Crippen LogP contribution in [0.25, 0.3) is 0 Å². The molecule has 0 amide bonds. The molecule has 0 fully saturated rings.